The smallest absolute Gasteiger partial charge is 0.220 e. The van der Waals surface area contributed by atoms with Crippen LogP contribution in [0.3, 0.4) is 0 Å². The lowest BCUT2D eigenvalue weighted by Crippen LogP contribution is -2.30. The molecule has 3 aromatic rings. The van der Waals surface area contributed by atoms with Crippen molar-refractivity contribution in [2.24, 2.45) is 0 Å². The fourth-order valence-electron chi connectivity index (χ4n) is 2.94. The lowest BCUT2D eigenvalue weighted by atomic mass is 9.85. The van der Waals surface area contributed by atoms with E-state index < -0.39 is 0 Å². The number of aromatic nitrogens is 5. The molecule has 0 aliphatic carbocycles. The maximum absolute atomic E-state index is 12.1. The van der Waals surface area contributed by atoms with Crippen molar-refractivity contribution in [2.45, 2.75) is 45.4 Å². The van der Waals surface area contributed by atoms with Gasteiger partial charge in [0.2, 0.25) is 11.6 Å². The minimum atomic E-state index is -0.227. The van der Waals surface area contributed by atoms with Crippen LogP contribution in [0.2, 0.25) is 0 Å². The minimum absolute atomic E-state index is 0.0329. The van der Waals surface area contributed by atoms with Crippen LogP contribution in [-0.2, 0) is 10.2 Å². The molecule has 2 aromatic heterocycles. The van der Waals surface area contributed by atoms with E-state index in [9.17, 15) is 4.79 Å². The Labute approximate surface area is 172 Å². The average molecular weight is 449 g/mol. The zero-order valence-corrected chi connectivity index (χ0v) is 17.9. The summed E-state index contributed by atoms with van der Waals surface area (Å²) in [5.74, 6) is 0.874. The molecule has 0 radical (unpaired) electrons. The van der Waals surface area contributed by atoms with Crippen molar-refractivity contribution in [1.29, 1.82) is 0 Å². The van der Waals surface area contributed by atoms with Crippen LogP contribution in [0.5, 0.6) is 5.75 Å². The van der Waals surface area contributed by atoms with Crippen LogP contribution in [0.25, 0.3) is 5.65 Å². The quantitative estimate of drug-likeness (QED) is 0.489. The first-order valence-electron chi connectivity index (χ1n) is 9.29. The molecule has 0 saturated heterocycles. The van der Waals surface area contributed by atoms with Gasteiger partial charge in [-0.2, -0.15) is 10.3 Å². The number of rotatable bonds is 9. The standard InChI is InChI=1S/C19H25BrN6O2/c1-13-6-4-7-14(12-13)28-11-5-8-15(27)21-10-9-19(2,3)17-16(20)18-22-24-25-26(18)23-17/h4,6-7,12H,5,8-11H2,1-3H3,(H,21,27)(H,22,25). The molecule has 8 nitrogen and oxygen atoms in total. The molecule has 0 spiro atoms. The number of hydrogen-bond acceptors (Lipinski definition) is 5. The van der Waals surface area contributed by atoms with Gasteiger partial charge < -0.3 is 10.1 Å². The highest BCUT2D eigenvalue weighted by Gasteiger charge is 2.28. The number of carbonyl (C=O) groups is 1. The van der Waals surface area contributed by atoms with Crippen LogP contribution in [0.4, 0.5) is 0 Å². The Morgan fingerprint density at radius 3 is 2.96 bits per heavy atom. The molecule has 28 heavy (non-hydrogen) atoms. The van der Waals surface area contributed by atoms with Crippen molar-refractivity contribution < 1.29 is 9.53 Å². The number of aryl methyl sites for hydroxylation is 1. The van der Waals surface area contributed by atoms with Gasteiger partial charge in [0.15, 0.2) is 0 Å². The van der Waals surface area contributed by atoms with Gasteiger partial charge in [-0.3, -0.25) is 4.79 Å². The average Bonchev–Trinajstić information content (AvgIpc) is 3.22. The molecule has 0 aliphatic rings. The molecule has 0 atom stereocenters. The number of fused-ring (bicyclic) bond motifs is 1. The van der Waals surface area contributed by atoms with Gasteiger partial charge in [-0.05, 0) is 58.6 Å². The Morgan fingerprint density at radius 2 is 2.21 bits per heavy atom. The SMILES string of the molecule is Cc1cccc(OCCCC(=O)NCCC(C)(C)c2nn3[nH]nnc3c2Br)c1. The van der Waals surface area contributed by atoms with Crippen molar-refractivity contribution in [2.75, 3.05) is 13.2 Å². The van der Waals surface area contributed by atoms with Gasteiger partial charge >= 0.3 is 0 Å². The normalized spacial score (nSPS) is 11.7. The Morgan fingerprint density at radius 1 is 1.39 bits per heavy atom. The molecular weight excluding hydrogens is 424 g/mol. The van der Waals surface area contributed by atoms with E-state index in [2.05, 4.69) is 55.7 Å². The minimum Gasteiger partial charge on any atom is -0.494 e. The highest BCUT2D eigenvalue weighted by molar-refractivity contribution is 9.10. The number of benzene rings is 1. The van der Waals surface area contributed by atoms with E-state index in [1.807, 2.05) is 31.2 Å². The monoisotopic (exact) mass is 448 g/mol. The molecule has 1 aromatic carbocycles. The highest BCUT2D eigenvalue weighted by Crippen LogP contribution is 2.33. The van der Waals surface area contributed by atoms with Crippen LogP contribution in [-0.4, -0.2) is 44.3 Å². The fraction of sp³-hybridized carbons (Fsp3) is 0.474. The third-order valence-corrected chi connectivity index (χ3v) is 5.34. The fourth-order valence-corrected chi connectivity index (χ4v) is 3.80. The predicted octanol–water partition coefficient (Wildman–Crippen LogP) is 3.17. The maximum Gasteiger partial charge on any atom is 0.220 e. The van der Waals surface area contributed by atoms with E-state index in [0.29, 0.717) is 31.6 Å². The van der Waals surface area contributed by atoms with Crippen LogP contribution in [0.15, 0.2) is 28.7 Å². The van der Waals surface area contributed by atoms with E-state index >= 15 is 0 Å². The maximum atomic E-state index is 12.1. The van der Waals surface area contributed by atoms with Gasteiger partial charge in [-0.1, -0.05) is 26.0 Å². The highest BCUT2D eigenvalue weighted by atomic mass is 79.9. The molecule has 2 heterocycles. The second kappa shape index (κ2) is 8.72. The van der Waals surface area contributed by atoms with Crippen molar-refractivity contribution in [3.8, 4) is 5.75 Å². The molecule has 1 amide bonds. The van der Waals surface area contributed by atoms with Gasteiger partial charge in [0.25, 0.3) is 0 Å². The second-order valence-electron chi connectivity index (χ2n) is 7.45. The van der Waals surface area contributed by atoms with Crippen LogP contribution < -0.4 is 10.1 Å². The van der Waals surface area contributed by atoms with Crippen molar-refractivity contribution >= 4 is 27.5 Å². The first-order chi connectivity index (χ1) is 13.4. The summed E-state index contributed by atoms with van der Waals surface area (Å²) < 4.78 is 8.04. The number of nitrogens with zero attached hydrogens (tertiary/aromatic N) is 4. The zero-order chi connectivity index (χ0) is 20.1. The predicted molar refractivity (Wildman–Crippen MR) is 109 cm³/mol. The topological polar surface area (TPSA) is 97.2 Å². The molecular formula is C19H25BrN6O2. The third-order valence-electron chi connectivity index (χ3n) is 4.61. The van der Waals surface area contributed by atoms with Gasteiger partial charge in [-0.15, -0.1) is 9.73 Å². The number of halogens is 1. The molecule has 9 heteroatoms. The summed E-state index contributed by atoms with van der Waals surface area (Å²) >= 11 is 3.55. The van der Waals surface area contributed by atoms with E-state index in [1.54, 1.807) is 0 Å². The van der Waals surface area contributed by atoms with Crippen LogP contribution in [0.1, 0.15) is 44.4 Å². The Balaban J connectivity index is 1.39. The lowest BCUT2D eigenvalue weighted by molar-refractivity contribution is -0.121. The van der Waals surface area contributed by atoms with E-state index in [1.165, 1.54) is 4.63 Å². The Kier molecular flexibility index (Phi) is 6.33. The number of hydrogen-bond donors (Lipinski definition) is 2. The van der Waals surface area contributed by atoms with E-state index in [0.717, 1.165) is 27.9 Å². The molecule has 0 unspecified atom stereocenters. The molecule has 150 valence electrons. The largest absolute Gasteiger partial charge is 0.494 e. The van der Waals surface area contributed by atoms with Crippen molar-refractivity contribution in [3.05, 3.63) is 40.0 Å². The molecule has 0 aliphatic heterocycles. The summed E-state index contributed by atoms with van der Waals surface area (Å²) in [6.07, 6.45) is 1.88. The Hall–Kier alpha value is -2.42. The zero-order valence-electron chi connectivity index (χ0n) is 16.3. The molecule has 3 rings (SSSR count). The Bertz CT molecular complexity index is 949. The van der Waals surface area contributed by atoms with Gasteiger partial charge in [0, 0.05) is 18.4 Å². The first-order valence-corrected chi connectivity index (χ1v) is 10.1. The lowest BCUT2D eigenvalue weighted by Gasteiger charge is -2.23. The molecule has 0 bridgehead atoms. The second-order valence-corrected chi connectivity index (χ2v) is 8.24. The van der Waals surface area contributed by atoms with Crippen LogP contribution >= 0.6 is 15.9 Å². The van der Waals surface area contributed by atoms with Gasteiger partial charge in [0.1, 0.15) is 5.75 Å². The number of tetrazole rings is 1. The summed E-state index contributed by atoms with van der Waals surface area (Å²) in [4.78, 5) is 12.1. The number of aromatic amines is 1. The summed E-state index contributed by atoms with van der Waals surface area (Å²) in [7, 11) is 0. The first kappa shape index (κ1) is 20.3. The third kappa shape index (κ3) is 4.89. The van der Waals surface area contributed by atoms with Crippen molar-refractivity contribution in [3.63, 3.8) is 0 Å². The summed E-state index contributed by atoms with van der Waals surface area (Å²) in [6, 6.07) is 7.91. The van der Waals surface area contributed by atoms with Gasteiger partial charge in [-0.25, -0.2) is 0 Å². The van der Waals surface area contributed by atoms with Crippen LogP contribution in [0, 0.1) is 6.92 Å². The van der Waals surface area contributed by atoms with Gasteiger partial charge in [0.05, 0.1) is 16.8 Å². The molecule has 0 fully saturated rings. The number of carbonyl (C=O) groups excluding carboxylic acids is 1. The van der Waals surface area contributed by atoms with E-state index in [-0.39, 0.29) is 11.3 Å². The summed E-state index contributed by atoms with van der Waals surface area (Å²) in [6.45, 7) is 7.31. The summed E-state index contributed by atoms with van der Waals surface area (Å²) in [5, 5.41) is 17.9. The summed E-state index contributed by atoms with van der Waals surface area (Å²) in [5.41, 5.74) is 2.47. The number of H-pyrrole nitrogens is 1. The number of ether oxygens (including phenoxy) is 1. The van der Waals surface area contributed by atoms with E-state index in [4.69, 9.17) is 4.74 Å². The number of amides is 1. The van der Waals surface area contributed by atoms with Crippen molar-refractivity contribution in [1.82, 2.24) is 30.6 Å². The molecule has 2 N–H and O–H groups in total. The number of nitrogens with one attached hydrogen (secondary N) is 2. The molecule has 0 saturated carbocycles.